The molecule has 100 valence electrons. The summed E-state index contributed by atoms with van der Waals surface area (Å²) in [4.78, 5) is 0. The second-order valence-corrected chi connectivity index (χ2v) is 5.59. The fourth-order valence-electron chi connectivity index (χ4n) is 3.19. The smallest absolute Gasteiger partial charge is 0 e. The molecule has 0 fully saturated rings. The van der Waals surface area contributed by atoms with Crippen molar-refractivity contribution in [2.75, 3.05) is 0 Å². The van der Waals surface area contributed by atoms with Gasteiger partial charge in [0.15, 0.2) is 0 Å². The molecule has 0 aliphatic heterocycles. The van der Waals surface area contributed by atoms with Gasteiger partial charge in [-0.1, -0.05) is 55.5 Å². The van der Waals surface area contributed by atoms with Crippen molar-refractivity contribution in [3.05, 3.63) is 82.7 Å². The summed E-state index contributed by atoms with van der Waals surface area (Å²) in [5.41, 5.74) is 1.18. The van der Waals surface area contributed by atoms with Crippen LogP contribution in [0.1, 0.15) is 12.5 Å². The van der Waals surface area contributed by atoms with Crippen molar-refractivity contribution in [3.63, 3.8) is 0 Å². The monoisotopic (exact) mass is 345 g/mol. The molecule has 21 heavy (non-hydrogen) atoms. The molecule has 0 bridgehead atoms. The fourth-order valence-corrected chi connectivity index (χ4v) is 3.19. The molecule has 1 aliphatic carbocycles. The van der Waals surface area contributed by atoms with E-state index in [9.17, 15) is 0 Å². The van der Waals surface area contributed by atoms with Crippen LogP contribution in [0.2, 0.25) is 0 Å². The minimum Gasteiger partial charge on any atom is -0.189 e. The Labute approximate surface area is 143 Å². The van der Waals surface area contributed by atoms with Crippen LogP contribution in [0.5, 0.6) is 0 Å². The maximum atomic E-state index is 3.66. The Hall–Kier alpha value is -1.46. The average Bonchev–Trinajstić information content (AvgIpc) is 2.84. The van der Waals surface area contributed by atoms with Crippen molar-refractivity contribution >= 4 is 22.9 Å². The molecule has 4 rings (SSSR count). The van der Waals surface area contributed by atoms with Crippen molar-refractivity contribution in [2.24, 2.45) is 0 Å². The molecule has 0 amide bonds. The normalized spacial score (nSPS) is 19.3. The third-order valence-corrected chi connectivity index (χ3v) is 4.15. The topological polar surface area (TPSA) is 0 Å². The maximum Gasteiger partial charge on any atom is 0 e. The Morgan fingerprint density at radius 2 is 1.52 bits per heavy atom. The first-order valence-electron chi connectivity index (χ1n) is 6.98. The Morgan fingerprint density at radius 3 is 2.38 bits per heavy atom. The van der Waals surface area contributed by atoms with Crippen molar-refractivity contribution < 1.29 is 26.2 Å². The molecular formula is C20H15Zr-. The van der Waals surface area contributed by atoms with Crippen molar-refractivity contribution in [2.45, 2.75) is 12.3 Å². The Morgan fingerprint density at radius 1 is 0.810 bits per heavy atom. The average molecular weight is 347 g/mol. The van der Waals surface area contributed by atoms with Gasteiger partial charge in [-0.15, -0.1) is 23.4 Å². The molecule has 1 heteroatoms. The van der Waals surface area contributed by atoms with Gasteiger partial charge in [-0.25, -0.2) is 0 Å². The summed E-state index contributed by atoms with van der Waals surface area (Å²) in [6.45, 7) is 2.24. The molecule has 1 aliphatic rings. The van der Waals surface area contributed by atoms with Crippen molar-refractivity contribution in [1.82, 2.24) is 0 Å². The summed E-state index contributed by atoms with van der Waals surface area (Å²) in [7, 11) is 0. The maximum absolute atomic E-state index is 3.66. The molecular weight excluding hydrogens is 331 g/mol. The fraction of sp³-hybridized carbons (Fsp3) is 0.100. The van der Waals surface area contributed by atoms with Crippen LogP contribution in [-0.2, 0) is 31.6 Å². The van der Waals surface area contributed by atoms with Gasteiger partial charge in [0.25, 0.3) is 0 Å². The van der Waals surface area contributed by atoms with Crippen LogP contribution in [0.3, 0.4) is 0 Å². The zero-order valence-electron chi connectivity index (χ0n) is 11.9. The molecule has 0 saturated carbocycles. The van der Waals surface area contributed by atoms with Crippen LogP contribution >= 0.6 is 0 Å². The Kier molecular flexibility index (Phi) is 3.72. The molecule has 0 N–H and O–H groups in total. The van der Waals surface area contributed by atoms with E-state index in [0.717, 1.165) is 0 Å². The molecule has 1 atom stereocenters. The van der Waals surface area contributed by atoms with E-state index in [1.165, 1.54) is 26.8 Å². The van der Waals surface area contributed by atoms with E-state index >= 15 is 0 Å². The number of benzene rings is 3. The van der Waals surface area contributed by atoms with Crippen LogP contribution in [0.25, 0.3) is 22.9 Å². The van der Waals surface area contributed by atoms with Gasteiger partial charge in [0.1, 0.15) is 0 Å². The van der Waals surface area contributed by atoms with Gasteiger partial charge < -0.3 is 0 Å². The zero-order valence-corrected chi connectivity index (χ0v) is 14.4. The number of hydrogen-bond acceptors (Lipinski definition) is 0. The molecule has 1 unspecified atom stereocenters. The summed E-state index contributed by atoms with van der Waals surface area (Å²) in [6, 6.07) is 23.6. The molecule has 0 saturated heterocycles. The first kappa shape index (κ1) is 14.5. The third kappa shape index (κ3) is 2.34. The van der Waals surface area contributed by atoms with E-state index in [2.05, 4.69) is 85.8 Å². The number of rotatable bonds is 1. The number of hydrogen-bond donors (Lipinski definition) is 0. The first-order valence-corrected chi connectivity index (χ1v) is 6.98. The van der Waals surface area contributed by atoms with Crippen LogP contribution in [0.15, 0.2) is 66.7 Å². The van der Waals surface area contributed by atoms with Gasteiger partial charge in [0.2, 0.25) is 0 Å². The molecule has 0 aromatic heterocycles. The van der Waals surface area contributed by atoms with Gasteiger partial charge in [-0.2, -0.15) is 17.4 Å². The zero-order chi connectivity index (χ0) is 13.6. The summed E-state index contributed by atoms with van der Waals surface area (Å²) >= 11 is 0. The van der Waals surface area contributed by atoms with Gasteiger partial charge in [0, 0.05) is 26.2 Å². The Balaban J connectivity index is 0.00000132. The van der Waals surface area contributed by atoms with Crippen molar-refractivity contribution in [1.29, 1.82) is 0 Å². The van der Waals surface area contributed by atoms with Gasteiger partial charge >= 0.3 is 0 Å². The number of fused-ring (bicyclic) bond motifs is 2. The van der Waals surface area contributed by atoms with E-state index in [1.54, 1.807) is 0 Å². The molecule has 0 radical (unpaired) electrons. The van der Waals surface area contributed by atoms with E-state index in [-0.39, 0.29) is 31.6 Å². The van der Waals surface area contributed by atoms with Crippen LogP contribution in [0.4, 0.5) is 0 Å². The van der Waals surface area contributed by atoms with E-state index in [1.807, 2.05) is 0 Å². The molecule has 0 heterocycles. The van der Waals surface area contributed by atoms with Crippen LogP contribution < -0.4 is 10.4 Å². The van der Waals surface area contributed by atoms with Gasteiger partial charge in [-0.3, -0.25) is 0 Å². The minimum absolute atomic E-state index is 0. The van der Waals surface area contributed by atoms with Crippen LogP contribution in [-0.4, -0.2) is 0 Å². The van der Waals surface area contributed by atoms with Crippen LogP contribution in [0, 0.1) is 0 Å². The second kappa shape index (κ2) is 5.39. The van der Waals surface area contributed by atoms with E-state index in [4.69, 9.17) is 0 Å². The summed E-state index contributed by atoms with van der Waals surface area (Å²) < 4.78 is 0. The summed E-state index contributed by atoms with van der Waals surface area (Å²) in [5, 5.41) is 5.09. The third-order valence-electron chi connectivity index (χ3n) is 4.15. The summed E-state index contributed by atoms with van der Waals surface area (Å²) in [6.07, 6.45) is 5.99. The largest absolute Gasteiger partial charge is 0.189 e. The SMILES string of the molecule is CC1(c2cccc3ccccc23)[C-]=c2ccccc2=C1.[Zr]. The second-order valence-electron chi connectivity index (χ2n) is 5.59. The predicted molar refractivity (Wildman–Crippen MR) is 84.9 cm³/mol. The molecule has 0 spiro atoms. The van der Waals surface area contributed by atoms with Crippen molar-refractivity contribution in [3.8, 4) is 0 Å². The molecule has 3 aromatic carbocycles. The van der Waals surface area contributed by atoms with Gasteiger partial charge in [0.05, 0.1) is 0 Å². The van der Waals surface area contributed by atoms with Gasteiger partial charge in [-0.05, 0) is 21.8 Å². The first-order chi connectivity index (χ1) is 9.76. The summed E-state index contributed by atoms with van der Waals surface area (Å²) in [5.74, 6) is 0. The minimum atomic E-state index is -0.148. The standard InChI is InChI=1S/C20H15.Zr/c1-20(13-16-8-2-3-9-17(16)14-20)19-12-6-10-15-7-4-5-11-18(15)19;/h2-13H,1H3;/q-1;. The quantitative estimate of drug-likeness (QED) is 0.594. The molecule has 0 nitrogen and oxygen atoms in total. The predicted octanol–water partition coefficient (Wildman–Crippen LogP) is 3.25. The molecule has 3 aromatic rings. The Bertz CT molecular complexity index is 881. The van der Waals surface area contributed by atoms with E-state index < -0.39 is 0 Å². The van der Waals surface area contributed by atoms with E-state index in [0.29, 0.717) is 0 Å².